The predicted octanol–water partition coefficient (Wildman–Crippen LogP) is 4.17. The molecule has 0 fully saturated rings. The molecule has 0 aliphatic heterocycles. The van der Waals surface area contributed by atoms with Crippen molar-refractivity contribution in [3.63, 3.8) is 0 Å². The molecule has 0 aliphatic carbocycles. The zero-order chi connectivity index (χ0) is 22.9. The van der Waals surface area contributed by atoms with Crippen molar-refractivity contribution in [2.24, 2.45) is 0 Å². The van der Waals surface area contributed by atoms with Gasteiger partial charge >= 0.3 is 0 Å². The highest BCUT2D eigenvalue weighted by Gasteiger charge is 2.15. The van der Waals surface area contributed by atoms with Crippen molar-refractivity contribution < 1.29 is 18.7 Å². The lowest BCUT2D eigenvalue weighted by Crippen LogP contribution is -2.29. The van der Waals surface area contributed by atoms with Crippen LogP contribution in [0.15, 0.2) is 83.7 Å². The highest BCUT2D eigenvalue weighted by molar-refractivity contribution is 5.99. The lowest BCUT2D eigenvalue weighted by molar-refractivity contribution is 0.0947. The number of hydrogen-bond acceptors (Lipinski definition) is 7. The molecule has 0 atom stereocenters. The van der Waals surface area contributed by atoms with Crippen LogP contribution in [0.25, 0.3) is 11.5 Å². The number of rotatable bonds is 10. The van der Waals surface area contributed by atoms with Crippen LogP contribution in [0.3, 0.4) is 0 Å². The summed E-state index contributed by atoms with van der Waals surface area (Å²) in [7, 11) is 1.61. The van der Waals surface area contributed by atoms with E-state index in [4.69, 9.17) is 13.9 Å². The molecule has 0 saturated heterocycles. The Labute approximate surface area is 191 Å². The molecule has 4 rings (SSSR count). The molecule has 3 heterocycles. The smallest absolute Gasteiger partial charge is 0.255 e. The molecular weight excluding hydrogens is 420 g/mol. The molecule has 0 unspecified atom stereocenters. The molecule has 33 heavy (non-hydrogen) atoms. The number of aromatic nitrogens is 2. The van der Waals surface area contributed by atoms with Crippen molar-refractivity contribution in [3.05, 3.63) is 90.4 Å². The van der Waals surface area contributed by atoms with Crippen molar-refractivity contribution in [2.75, 3.05) is 25.6 Å². The van der Waals surface area contributed by atoms with Crippen LogP contribution in [0.5, 0.6) is 11.5 Å². The minimum atomic E-state index is -0.250. The molecule has 0 aliphatic rings. The number of benzene rings is 1. The first kappa shape index (κ1) is 21.9. The quantitative estimate of drug-likeness (QED) is 0.354. The molecular formula is C25H24N4O4. The minimum Gasteiger partial charge on any atom is -0.497 e. The van der Waals surface area contributed by atoms with Crippen LogP contribution in [-0.4, -0.2) is 36.1 Å². The Morgan fingerprint density at radius 1 is 1.03 bits per heavy atom. The normalized spacial score (nSPS) is 10.5. The van der Waals surface area contributed by atoms with Crippen molar-refractivity contribution in [1.29, 1.82) is 0 Å². The Bertz CT molecular complexity index is 1160. The first-order chi connectivity index (χ1) is 16.2. The molecule has 168 valence electrons. The van der Waals surface area contributed by atoms with Crippen molar-refractivity contribution >= 4 is 11.7 Å². The topological polar surface area (TPSA) is 98.5 Å². The van der Waals surface area contributed by atoms with Gasteiger partial charge in [0.05, 0.1) is 25.5 Å². The summed E-state index contributed by atoms with van der Waals surface area (Å²) in [6.45, 7) is 1.14. The first-order valence-corrected chi connectivity index (χ1v) is 10.5. The Hall–Kier alpha value is -4.33. The monoisotopic (exact) mass is 444 g/mol. The molecule has 8 heteroatoms. The summed E-state index contributed by atoms with van der Waals surface area (Å²) in [4.78, 5) is 21.6. The average Bonchev–Trinajstić information content (AvgIpc) is 3.41. The third-order valence-electron chi connectivity index (χ3n) is 4.81. The largest absolute Gasteiger partial charge is 0.497 e. The number of nitrogens with zero attached hydrogens (tertiary/aromatic N) is 2. The fourth-order valence-electron chi connectivity index (χ4n) is 3.13. The fraction of sp³-hybridized carbons (Fsp3) is 0.160. The number of hydrogen-bond donors (Lipinski definition) is 2. The summed E-state index contributed by atoms with van der Waals surface area (Å²) in [5, 5.41) is 6.12. The summed E-state index contributed by atoms with van der Waals surface area (Å²) < 4.78 is 16.3. The summed E-state index contributed by atoms with van der Waals surface area (Å²) in [6, 6.07) is 18.2. The van der Waals surface area contributed by atoms with Crippen LogP contribution in [0.2, 0.25) is 0 Å². The van der Waals surface area contributed by atoms with E-state index in [0.29, 0.717) is 48.3 Å². The SMILES string of the molecule is COc1ccc(OCCNC(=O)c2ccc(-c3ccco3)nc2NCc2cccnc2)cc1. The molecule has 0 saturated carbocycles. The number of ether oxygens (including phenoxy) is 2. The molecule has 0 spiro atoms. The lowest BCUT2D eigenvalue weighted by atomic mass is 10.2. The van der Waals surface area contributed by atoms with Gasteiger partial charge in [0.2, 0.25) is 0 Å². The van der Waals surface area contributed by atoms with Gasteiger partial charge in [0.15, 0.2) is 5.76 Å². The highest BCUT2D eigenvalue weighted by Crippen LogP contribution is 2.23. The fourth-order valence-corrected chi connectivity index (χ4v) is 3.13. The van der Waals surface area contributed by atoms with Crippen LogP contribution >= 0.6 is 0 Å². The number of pyridine rings is 2. The van der Waals surface area contributed by atoms with Crippen molar-refractivity contribution in [3.8, 4) is 23.0 Å². The predicted molar refractivity (Wildman–Crippen MR) is 124 cm³/mol. The number of methoxy groups -OCH3 is 1. The van der Waals surface area contributed by atoms with Gasteiger partial charge in [-0.1, -0.05) is 6.07 Å². The zero-order valence-corrected chi connectivity index (χ0v) is 18.2. The van der Waals surface area contributed by atoms with E-state index in [1.54, 1.807) is 44.0 Å². The number of carbonyl (C=O) groups is 1. The molecule has 0 radical (unpaired) electrons. The average molecular weight is 444 g/mol. The van der Waals surface area contributed by atoms with E-state index in [1.165, 1.54) is 0 Å². The van der Waals surface area contributed by atoms with Gasteiger partial charge in [0, 0.05) is 18.9 Å². The van der Waals surface area contributed by atoms with E-state index < -0.39 is 0 Å². The van der Waals surface area contributed by atoms with Crippen LogP contribution in [0, 0.1) is 0 Å². The number of amides is 1. The number of nitrogens with one attached hydrogen (secondary N) is 2. The minimum absolute atomic E-state index is 0.250. The second-order valence-electron chi connectivity index (χ2n) is 7.06. The molecule has 8 nitrogen and oxygen atoms in total. The van der Waals surface area contributed by atoms with Crippen LogP contribution in [-0.2, 0) is 6.54 Å². The Morgan fingerprint density at radius 3 is 2.61 bits per heavy atom. The molecule has 3 aromatic heterocycles. The third-order valence-corrected chi connectivity index (χ3v) is 4.81. The van der Waals surface area contributed by atoms with Gasteiger partial charge in [-0.2, -0.15) is 0 Å². The van der Waals surface area contributed by atoms with Crippen molar-refractivity contribution in [1.82, 2.24) is 15.3 Å². The molecule has 1 amide bonds. The summed E-state index contributed by atoms with van der Waals surface area (Å²) >= 11 is 0. The lowest BCUT2D eigenvalue weighted by Gasteiger charge is -2.13. The van der Waals surface area contributed by atoms with E-state index in [9.17, 15) is 4.79 Å². The summed E-state index contributed by atoms with van der Waals surface area (Å²) in [6.07, 6.45) is 5.06. The van der Waals surface area contributed by atoms with Gasteiger partial charge < -0.3 is 24.5 Å². The highest BCUT2D eigenvalue weighted by atomic mass is 16.5. The number of carbonyl (C=O) groups excluding carboxylic acids is 1. The maximum Gasteiger partial charge on any atom is 0.255 e. The Kier molecular flexibility index (Phi) is 7.17. The molecule has 2 N–H and O–H groups in total. The van der Waals surface area contributed by atoms with Gasteiger partial charge in [-0.05, 0) is 60.2 Å². The first-order valence-electron chi connectivity index (χ1n) is 10.5. The van der Waals surface area contributed by atoms with Gasteiger partial charge in [0.1, 0.15) is 29.6 Å². The van der Waals surface area contributed by atoms with Crippen LogP contribution < -0.4 is 20.1 Å². The maximum absolute atomic E-state index is 12.9. The van der Waals surface area contributed by atoms with Gasteiger partial charge in [-0.3, -0.25) is 9.78 Å². The molecule has 4 aromatic rings. The molecule has 1 aromatic carbocycles. The zero-order valence-electron chi connectivity index (χ0n) is 18.2. The summed E-state index contributed by atoms with van der Waals surface area (Å²) in [5.41, 5.74) is 2.04. The van der Waals surface area contributed by atoms with E-state index in [2.05, 4.69) is 20.6 Å². The van der Waals surface area contributed by atoms with Gasteiger partial charge in [0.25, 0.3) is 5.91 Å². The van der Waals surface area contributed by atoms with E-state index in [1.807, 2.05) is 42.5 Å². The van der Waals surface area contributed by atoms with E-state index in [0.717, 1.165) is 11.3 Å². The third kappa shape index (κ3) is 5.88. The molecule has 0 bridgehead atoms. The van der Waals surface area contributed by atoms with E-state index in [-0.39, 0.29) is 5.91 Å². The van der Waals surface area contributed by atoms with Gasteiger partial charge in [-0.25, -0.2) is 4.98 Å². The summed E-state index contributed by atoms with van der Waals surface area (Å²) in [5.74, 6) is 2.29. The second kappa shape index (κ2) is 10.8. The standard InChI is InChI=1S/C25H24N4O4/c1-31-19-6-8-20(9-7-19)32-15-13-27-25(30)21-10-11-22(23-5-3-14-33-23)29-24(21)28-17-18-4-2-12-26-16-18/h2-12,14,16H,13,15,17H2,1H3,(H,27,30)(H,28,29). The second-order valence-corrected chi connectivity index (χ2v) is 7.06. The van der Waals surface area contributed by atoms with E-state index >= 15 is 0 Å². The Balaban J connectivity index is 1.41. The van der Waals surface area contributed by atoms with Gasteiger partial charge in [-0.15, -0.1) is 0 Å². The van der Waals surface area contributed by atoms with Crippen molar-refractivity contribution in [2.45, 2.75) is 6.54 Å². The number of anilines is 1. The Morgan fingerprint density at radius 2 is 1.88 bits per heavy atom. The number of furan rings is 1. The van der Waals surface area contributed by atoms with Crippen LogP contribution in [0.4, 0.5) is 5.82 Å². The van der Waals surface area contributed by atoms with Crippen LogP contribution in [0.1, 0.15) is 15.9 Å². The maximum atomic E-state index is 12.9.